The molecule has 4 heteroatoms. The first-order valence-electron chi connectivity index (χ1n) is 8.13. The van der Waals surface area contributed by atoms with Crippen LogP contribution < -0.4 is 5.43 Å². The maximum Gasteiger partial charge on any atom is 0.273 e. The van der Waals surface area contributed by atoms with Crippen LogP contribution in [-0.2, 0) is 0 Å². The van der Waals surface area contributed by atoms with Crippen LogP contribution in [-0.4, -0.2) is 16.6 Å². The van der Waals surface area contributed by atoms with Crippen molar-refractivity contribution in [1.82, 2.24) is 10.4 Å². The molecule has 3 atom stereocenters. The summed E-state index contributed by atoms with van der Waals surface area (Å²) < 4.78 is 0. The maximum absolute atomic E-state index is 12.4. The van der Waals surface area contributed by atoms with E-state index in [1.54, 1.807) is 6.20 Å². The van der Waals surface area contributed by atoms with Gasteiger partial charge in [-0.15, -0.1) is 0 Å². The zero-order valence-corrected chi connectivity index (χ0v) is 12.8. The molecule has 2 saturated carbocycles. The van der Waals surface area contributed by atoms with Crippen molar-refractivity contribution in [2.75, 3.05) is 0 Å². The lowest BCUT2D eigenvalue weighted by Gasteiger charge is -2.21. The van der Waals surface area contributed by atoms with E-state index in [-0.39, 0.29) is 5.91 Å². The van der Waals surface area contributed by atoms with Gasteiger partial charge in [0, 0.05) is 28.7 Å². The summed E-state index contributed by atoms with van der Waals surface area (Å²) in [6.45, 7) is 2.06. The number of amides is 1. The molecule has 114 valence electrons. The van der Waals surface area contributed by atoms with Crippen LogP contribution in [0.15, 0.2) is 35.6 Å². The van der Waals surface area contributed by atoms with E-state index in [4.69, 9.17) is 0 Å². The molecule has 0 spiro atoms. The molecule has 2 N–H and O–H groups in total. The number of aromatic amines is 1. The highest BCUT2D eigenvalue weighted by molar-refractivity contribution is 6.07. The van der Waals surface area contributed by atoms with E-state index in [2.05, 4.69) is 22.4 Å². The molecule has 2 aliphatic rings. The number of carbonyl (C=O) groups excluding carboxylic acids is 1. The topological polar surface area (TPSA) is 57.2 Å². The van der Waals surface area contributed by atoms with Gasteiger partial charge in [-0.25, -0.2) is 5.43 Å². The molecule has 1 heterocycles. The Kier molecular flexibility index (Phi) is 3.25. The minimum absolute atomic E-state index is 0.139. The fourth-order valence-corrected chi connectivity index (χ4v) is 4.30. The van der Waals surface area contributed by atoms with E-state index in [1.165, 1.54) is 25.7 Å². The van der Waals surface area contributed by atoms with Crippen molar-refractivity contribution in [3.63, 3.8) is 0 Å². The van der Waals surface area contributed by atoms with E-state index in [9.17, 15) is 4.79 Å². The Morgan fingerprint density at radius 2 is 2.14 bits per heavy atom. The number of fused-ring (bicyclic) bond motifs is 3. The van der Waals surface area contributed by atoms with Gasteiger partial charge in [0.05, 0.1) is 5.56 Å². The third-order valence-corrected chi connectivity index (χ3v) is 5.44. The van der Waals surface area contributed by atoms with E-state index in [1.807, 2.05) is 24.3 Å². The predicted octanol–water partition coefficient (Wildman–Crippen LogP) is 3.71. The van der Waals surface area contributed by atoms with Gasteiger partial charge in [0.1, 0.15) is 0 Å². The van der Waals surface area contributed by atoms with Crippen molar-refractivity contribution in [3.8, 4) is 0 Å². The lowest BCUT2D eigenvalue weighted by molar-refractivity contribution is 0.0956. The third kappa shape index (κ3) is 2.23. The Balaban J connectivity index is 1.49. The molecule has 2 fully saturated rings. The molecule has 0 saturated heterocycles. The van der Waals surface area contributed by atoms with E-state index >= 15 is 0 Å². The molecule has 2 aliphatic carbocycles. The fraction of sp³-hybridized carbons (Fsp3) is 0.444. The number of H-pyrrole nitrogens is 1. The summed E-state index contributed by atoms with van der Waals surface area (Å²) in [7, 11) is 0. The molecule has 22 heavy (non-hydrogen) atoms. The lowest BCUT2D eigenvalue weighted by Crippen LogP contribution is -2.24. The molecular weight excluding hydrogens is 274 g/mol. The van der Waals surface area contributed by atoms with Crippen molar-refractivity contribution in [2.45, 2.75) is 32.6 Å². The number of benzene rings is 1. The number of hydrogen-bond donors (Lipinski definition) is 2. The number of para-hydroxylation sites is 1. The second-order valence-electron chi connectivity index (χ2n) is 6.72. The minimum atomic E-state index is -0.139. The number of nitrogens with one attached hydrogen (secondary N) is 2. The fourth-order valence-electron chi connectivity index (χ4n) is 4.30. The third-order valence-electron chi connectivity index (χ3n) is 5.44. The van der Waals surface area contributed by atoms with E-state index in [0.29, 0.717) is 11.5 Å². The Hall–Kier alpha value is -2.10. The second kappa shape index (κ2) is 5.27. The van der Waals surface area contributed by atoms with Gasteiger partial charge < -0.3 is 4.98 Å². The minimum Gasteiger partial charge on any atom is -0.360 e. The summed E-state index contributed by atoms with van der Waals surface area (Å²) >= 11 is 0. The summed E-state index contributed by atoms with van der Waals surface area (Å²) in [5, 5.41) is 5.33. The maximum atomic E-state index is 12.4. The first-order valence-corrected chi connectivity index (χ1v) is 8.13. The first kappa shape index (κ1) is 13.6. The molecule has 2 aromatic rings. The molecule has 0 aliphatic heterocycles. The van der Waals surface area contributed by atoms with Crippen LogP contribution in [0.25, 0.3) is 10.9 Å². The molecule has 2 bridgehead atoms. The molecular formula is C18H21N3O. The summed E-state index contributed by atoms with van der Waals surface area (Å²) in [6.07, 6.45) is 7.08. The van der Waals surface area contributed by atoms with Crippen LogP contribution in [0.4, 0.5) is 0 Å². The zero-order chi connectivity index (χ0) is 15.1. The van der Waals surface area contributed by atoms with Gasteiger partial charge in [-0.1, -0.05) is 24.6 Å². The number of carbonyl (C=O) groups is 1. The summed E-state index contributed by atoms with van der Waals surface area (Å²) in [5.74, 6) is 2.12. The van der Waals surface area contributed by atoms with Crippen molar-refractivity contribution in [2.24, 2.45) is 22.9 Å². The molecule has 4 nitrogen and oxygen atoms in total. The highest BCUT2D eigenvalue weighted by Gasteiger charge is 2.40. The second-order valence-corrected chi connectivity index (χ2v) is 6.72. The molecule has 4 rings (SSSR count). The van der Waals surface area contributed by atoms with Gasteiger partial charge in [-0.05, 0) is 44.1 Å². The van der Waals surface area contributed by atoms with Crippen molar-refractivity contribution in [1.29, 1.82) is 0 Å². The monoisotopic (exact) mass is 295 g/mol. The van der Waals surface area contributed by atoms with E-state index in [0.717, 1.165) is 28.5 Å². The highest BCUT2D eigenvalue weighted by Crippen LogP contribution is 2.48. The summed E-state index contributed by atoms with van der Waals surface area (Å²) in [4.78, 5) is 15.5. The average Bonchev–Trinajstić information content (AvgIpc) is 3.26. The molecule has 1 aromatic heterocycles. The predicted molar refractivity (Wildman–Crippen MR) is 87.8 cm³/mol. The average molecular weight is 295 g/mol. The summed E-state index contributed by atoms with van der Waals surface area (Å²) in [6, 6.07) is 7.82. The number of rotatable bonds is 3. The van der Waals surface area contributed by atoms with Crippen molar-refractivity contribution in [3.05, 3.63) is 36.0 Å². The first-order chi connectivity index (χ1) is 10.7. The van der Waals surface area contributed by atoms with Gasteiger partial charge in [0.25, 0.3) is 5.91 Å². The Morgan fingerprint density at radius 1 is 1.27 bits per heavy atom. The van der Waals surface area contributed by atoms with Crippen molar-refractivity contribution < 1.29 is 4.79 Å². The number of aromatic nitrogens is 1. The highest BCUT2D eigenvalue weighted by atomic mass is 16.2. The molecule has 0 radical (unpaired) electrons. The van der Waals surface area contributed by atoms with Gasteiger partial charge in [-0.2, -0.15) is 5.10 Å². The van der Waals surface area contributed by atoms with Gasteiger partial charge >= 0.3 is 0 Å². The number of nitrogens with zero attached hydrogens (tertiary/aromatic N) is 1. The smallest absolute Gasteiger partial charge is 0.273 e. The van der Waals surface area contributed by atoms with Crippen LogP contribution in [0.3, 0.4) is 0 Å². The summed E-state index contributed by atoms with van der Waals surface area (Å²) in [5.41, 5.74) is 5.45. The molecule has 1 aromatic carbocycles. The van der Waals surface area contributed by atoms with Crippen LogP contribution in [0.5, 0.6) is 0 Å². The van der Waals surface area contributed by atoms with Gasteiger partial charge in [-0.3, -0.25) is 4.79 Å². The normalized spacial score (nSPS) is 27.5. The quantitative estimate of drug-likeness (QED) is 0.658. The van der Waals surface area contributed by atoms with Crippen molar-refractivity contribution >= 4 is 22.5 Å². The van der Waals surface area contributed by atoms with Crippen LogP contribution >= 0.6 is 0 Å². The Bertz CT molecular complexity index is 746. The Morgan fingerprint density at radius 3 is 2.91 bits per heavy atom. The molecule has 0 unspecified atom stereocenters. The number of hydrogen-bond acceptors (Lipinski definition) is 2. The SMILES string of the molecule is C/C(=N/NC(=O)c1c[nH]c2ccccc12)[C@H]1C[C@H]2CC[C@@H]1C2. The number of hydrazone groups is 1. The standard InChI is InChI=1S/C18H21N3O/c1-11(15-9-12-6-7-13(15)8-12)20-21-18(22)16-10-19-17-5-3-2-4-14(16)17/h2-5,10,12-13,15,19H,6-9H2,1H3,(H,21,22)/b20-11-/t12-,13+,15+/m0/s1. The van der Waals surface area contributed by atoms with E-state index < -0.39 is 0 Å². The Labute approximate surface area is 130 Å². The zero-order valence-electron chi connectivity index (χ0n) is 12.8. The van der Waals surface area contributed by atoms with Gasteiger partial charge in [0.15, 0.2) is 0 Å². The van der Waals surface area contributed by atoms with Crippen LogP contribution in [0.2, 0.25) is 0 Å². The lowest BCUT2D eigenvalue weighted by atomic mass is 9.86. The largest absolute Gasteiger partial charge is 0.360 e. The van der Waals surface area contributed by atoms with Gasteiger partial charge in [0.2, 0.25) is 0 Å². The molecule has 1 amide bonds. The van der Waals surface area contributed by atoms with Crippen LogP contribution in [0.1, 0.15) is 43.0 Å². The van der Waals surface area contributed by atoms with Crippen LogP contribution in [0, 0.1) is 17.8 Å².